The zero-order valence-corrected chi connectivity index (χ0v) is 23.5. The van der Waals surface area contributed by atoms with E-state index in [2.05, 4.69) is 79.7 Å². The van der Waals surface area contributed by atoms with Crippen LogP contribution in [-0.2, 0) is 9.53 Å². The second-order valence-electron chi connectivity index (χ2n) is 11.0. The van der Waals surface area contributed by atoms with Crippen molar-refractivity contribution in [3.05, 3.63) is 84.8 Å². The molecule has 0 unspecified atom stereocenters. The molecular weight excluding hydrogens is 488 g/mol. The summed E-state index contributed by atoms with van der Waals surface area (Å²) >= 11 is 0. The lowest BCUT2D eigenvalue weighted by atomic mass is 9.89. The quantitative estimate of drug-likeness (QED) is 0.300. The lowest BCUT2D eigenvalue weighted by Crippen LogP contribution is -2.24. The average Bonchev–Trinajstić information content (AvgIpc) is 3.63. The minimum atomic E-state index is -0.999. The number of carbonyl (C=O) groups is 2. The van der Waals surface area contributed by atoms with Gasteiger partial charge in [0.1, 0.15) is 5.92 Å². The highest BCUT2D eigenvalue weighted by molar-refractivity contribution is 6.24. The smallest absolute Gasteiger partial charge is 0.321 e. The fraction of sp³-hybridized carbons (Fsp3) is 0.312. The van der Waals surface area contributed by atoms with Crippen molar-refractivity contribution >= 4 is 41.6 Å². The Balaban J connectivity index is 1.74. The van der Waals surface area contributed by atoms with Gasteiger partial charge in [-0.1, -0.05) is 26.5 Å². The fourth-order valence-corrected chi connectivity index (χ4v) is 6.35. The molecule has 3 aromatic heterocycles. The maximum atomic E-state index is 13.8. The number of hydrogen-bond acceptors (Lipinski definition) is 4. The molecule has 3 atom stereocenters. The predicted molar refractivity (Wildman–Crippen MR) is 154 cm³/mol. The summed E-state index contributed by atoms with van der Waals surface area (Å²) in [6, 6.07) is 0. The Morgan fingerprint density at radius 1 is 0.872 bits per heavy atom. The van der Waals surface area contributed by atoms with E-state index in [1.807, 2.05) is 13.0 Å². The van der Waals surface area contributed by atoms with Crippen molar-refractivity contribution in [2.45, 2.75) is 41.5 Å². The summed E-state index contributed by atoms with van der Waals surface area (Å²) in [6.07, 6.45) is 8.23. The third-order valence-corrected chi connectivity index (χ3v) is 9.15. The monoisotopic (exact) mass is 522 g/mol. The van der Waals surface area contributed by atoms with Gasteiger partial charge < -0.3 is 25.0 Å². The van der Waals surface area contributed by atoms with E-state index in [0.29, 0.717) is 16.8 Å². The van der Waals surface area contributed by atoms with Crippen LogP contribution in [0.5, 0.6) is 0 Å². The van der Waals surface area contributed by atoms with Gasteiger partial charge in [-0.15, -0.1) is 0 Å². The number of rotatable bonds is 2. The van der Waals surface area contributed by atoms with Gasteiger partial charge in [-0.2, -0.15) is 0 Å². The molecule has 1 saturated heterocycles. The summed E-state index contributed by atoms with van der Waals surface area (Å²) < 4.78 is 5.13. The number of hydrogen-bond donors (Lipinski definition) is 4. The maximum Gasteiger partial charge on any atom is 0.321 e. The molecule has 1 fully saturated rings. The van der Waals surface area contributed by atoms with Crippen LogP contribution in [0.3, 0.4) is 0 Å². The molecule has 2 aliphatic heterocycles. The molecule has 4 N–H and O–H groups in total. The van der Waals surface area contributed by atoms with Crippen molar-refractivity contribution in [3.8, 4) is 0 Å². The third-order valence-electron chi connectivity index (χ3n) is 9.15. The zero-order chi connectivity index (χ0) is 27.9. The number of methoxy groups -OCH3 is 1. The molecule has 8 bridgehead atoms. The largest absolute Gasteiger partial charge is 0.468 e. The van der Waals surface area contributed by atoms with Crippen LogP contribution < -0.4 is 16.0 Å². The zero-order valence-electron chi connectivity index (χ0n) is 23.5. The number of allylic oxidation sites excluding steroid dienone is 2. The molecule has 0 aromatic carbocycles. The Hall–Kier alpha value is -4.26. The SMILES string of the molecule is C=Cc1c2[nH]c(c1C)/C=C1\N/C(=C3\c4[nH]c(c(C)c4C(=O)[C@@H]3C(=O)OC)/C=c3\[nH]/c(c(C)c3C)=C\2)[C@@H](C)[C@@H]1C. The second kappa shape index (κ2) is 8.63. The first kappa shape index (κ1) is 25.0. The van der Waals surface area contributed by atoms with Crippen LogP contribution >= 0.6 is 0 Å². The first-order chi connectivity index (χ1) is 18.6. The summed E-state index contributed by atoms with van der Waals surface area (Å²) in [6.45, 7) is 16.6. The standard InChI is InChI=1S/C32H34N4O3/c1-9-19-17(6)23-11-22-15(4)16(5)29(35-22)27-28(32(38)39-8)31(37)26-18(7)24(36-30(26)27)10-20-13(2)14(3)21(33-20)12-25(19)34-23/h9-12,15-16,28,33-36H,1H2,2-8H3/b20-10-,21-12-,22-11-,29-27-/t15-,16-,28+/m0/s1. The van der Waals surface area contributed by atoms with E-state index in [1.54, 1.807) is 0 Å². The number of carbonyl (C=O) groups excluding carboxylic acids is 2. The molecule has 7 nitrogen and oxygen atoms in total. The number of esters is 1. The Morgan fingerprint density at radius 3 is 2.15 bits per heavy atom. The molecule has 0 radical (unpaired) electrons. The van der Waals surface area contributed by atoms with E-state index in [9.17, 15) is 9.59 Å². The van der Waals surface area contributed by atoms with Crippen LogP contribution in [-0.4, -0.2) is 33.8 Å². The molecule has 7 heteroatoms. The number of aromatic amines is 3. The molecule has 39 heavy (non-hydrogen) atoms. The molecule has 0 spiro atoms. The Labute approximate surface area is 227 Å². The number of fused-ring (bicyclic) bond motifs is 7. The van der Waals surface area contributed by atoms with E-state index < -0.39 is 11.9 Å². The van der Waals surface area contributed by atoms with Crippen LogP contribution in [0, 0.1) is 45.4 Å². The Morgan fingerprint density at radius 2 is 1.51 bits per heavy atom. The van der Waals surface area contributed by atoms with E-state index in [-0.39, 0.29) is 17.6 Å². The molecular formula is C32H34N4O3. The predicted octanol–water partition coefficient (Wildman–Crippen LogP) is 4.13. The number of ketones is 1. The molecule has 0 amide bonds. The van der Waals surface area contributed by atoms with Crippen molar-refractivity contribution < 1.29 is 14.3 Å². The van der Waals surface area contributed by atoms with Gasteiger partial charge in [0.15, 0.2) is 5.78 Å². The van der Waals surface area contributed by atoms with Gasteiger partial charge >= 0.3 is 5.97 Å². The molecule has 200 valence electrons. The number of aromatic nitrogens is 3. The van der Waals surface area contributed by atoms with Crippen LogP contribution in [0.2, 0.25) is 0 Å². The number of nitrogens with one attached hydrogen (secondary N) is 4. The van der Waals surface area contributed by atoms with Crippen LogP contribution in [0.15, 0.2) is 18.0 Å². The van der Waals surface area contributed by atoms with Gasteiger partial charge in [0.25, 0.3) is 0 Å². The average molecular weight is 523 g/mol. The second-order valence-corrected chi connectivity index (χ2v) is 11.0. The highest BCUT2D eigenvalue weighted by Gasteiger charge is 2.47. The summed E-state index contributed by atoms with van der Waals surface area (Å²) in [7, 11) is 1.34. The first-order valence-corrected chi connectivity index (χ1v) is 13.4. The van der Waals surface area contributed by atoms with E-state index in [0.717, 1.165) is 67.0 Å². The van der Waals surface area contributed by atoms with E-state index in [4.69, 9.17) is 4.74 Å². The van der Waals surface area contributed by atoms with Gasteiger partial charge in [-0.25, -0.2) is 0 Å². The van der Waals surface area contributed by atoms with Crippen molar-refractivity contribution in [1.82, 2.24) is 20.3 Å². The minimum absolute atomic E-state index is 0.0551. The fourth-order valence-electron chi connectivity index (χ4n) is 6.35. The van der Waals surface area contributed by atoms with Crippen LogP contribution in [0.1, 0.15) is 74.8 Å². The summed E-state index contributed by atoms with van der Waals surface area (Å²) in [5.74, 6) is -1.56. The minimum Gasteiger partial charge on any atom is -0.468 e. The summed E-state index contributed by atoms with van der Waals surface area (Å²) in [4.78, 5) is 37.5. The molecule has 3 aliphatic rings. The third kappa shape index (κ3) is 3.42. The van der Waals surface area contributed by atoms with Crippen molar-refractivity contribution in [3.63, 3.8) is 0 Å². The van der Waals surface area contributed by atoms with E-state index >= 15 is 0 Å². The molecule has 3 aromatic rings. The van der Waals surface area contributed by atoms with Crippen molar-refractivity contribution in [2.24, 2.45) is 17.8 Å². The van der Waals surface area contributed by atoms with Gasteiger partial charge in [0.2, 0.25) is 0 Å². The lowest BCUT2D eigenvalue weighted by molar-refractivity contribution is -0.141. The first-order valence-electron chi connectivity index (χ1n) is 13.4. The van der Waals surface area contributed by atoms with Gasteiger partial charge in [0.05, 0.1) is 12.8 Å². The lowest BCUT2D eigenvalue weighted by Gasteiger charge is -2.16. The Kier molecular flexibility index (Phi) is 5.54. The highest BCUT2D eigenvalue weighted by atomic mass is 16.5. The van der Waals surface area contributed by atoms with Gasteiger partial charge in [0, 0.05) is 67.7 Å². The van der Waals surface area contributed by atoms with Crippen molar-refractivity contribution in [1.29, 1.82) is 0 Å². The summed E-state index contributed by atoms with van der Waals surface area (Å²) in [5, 5.41) is 5.60. The van der Waals surface area contributed by atoms with E-state index in [1.165, 1.54) is 7.11 Å². The highest BCUT2D eigenvalue weighted by Crippen LogP contribution is 2.47. The van der Waals surface area contributed by atoms with Gasteiger partial charge in [-0.3, -0.25) is 9.59 Å². The molecule has 5 heterocycles. The Bertz CT molecular complexity index is 1800. The normalized spacial score (nSPS) is 26.3. The number of Topliss-reactive ketones (excluding diaryl/α,β-unsaturated/α-hetero) is 1. The molecule has 1 aliphatic carbocycles. The van der Waals surface area contributed by atoms with Gasteiger partial charge in [-0.05, 0) is 68.2 Å². The maximum absolute atomic E-state index is 13.8. The molecule has 6 rings (SSSR count). The topological polar surface area (TPSA) is 103 Å². The van der Waals surface area contributed by atoms with Crippen LogP contribution in [0.25, 0.3) is 29.9 Å². The van der Waals surface area contributed by atoms with Crippen molar-refractivity contribution in [2.75, 3.05) is 7.11 Å². The number of ether oxygens (including phenoxy) is 1. The summed E-state index contributed by atoms with van der Waals surface area (Å²) in [5.41, 5.74) is 12.0. The van der Waals surface area contributed by atoms with Crippen LogP contribution in [0.4, 0.5) is 0 Å². The molecule has 0 saturated carbocycles. The number of H-pyrrole nitrogens is 3.